The number of aromatic nitrogens is 3. The smallest absolute Gasteiger partial charge is 0.216 e. The van der Waals surface area contributed by atoms with Crippen LogP contribution >= 0.6 is 23.2 Å². The monoisotopic (exact) mass is 629 g/mol. The number of fused-ring (bicyclic) bond motifs is 3. The third-order valence-corrected chi connectivity index (χ3v) is 6.53. The maximum atomic E-state index is 13.5. The largest absolute Gasteiger partial charge is 0.497 e. The van der Waals surface area contributed by atoms with Crippen LogP contribution in [0.5, 0.6) is 23.1 Å². The number of benzene rings is 3. The molecule has 7 nitrogen and oxygen atoms in total. The molecule has 0 aliphatic heterocycles. The first-order valence-corrected chi connectivity index (χ1v) is 13.2. The normalized spacial score (nSPS) is 10.4. The maximum Gasteiger partial charge on any atom is 0.216 e. The van der Waals surface area contributed by atoms with Gasteiger partial charge in [-0.25, -0.2) is 23.7 Å². The van der Waals surface area contributed by atoms with Gasteiger partial charge in [0, 0.05) is 46.5 Å². The van der Waals surface area contributed by atoms with E-state index >= 15 is 0 Å². The Morgan fingerprint density at radius 2 is 0.977 bits per heavy atom. The van der Waals surface area contributed by atoms with Crippen molar-refractivity contribution in [3.63, 3.8) is 0 Å². The number of nitrogens with zero attached hydrogens (tertiary/aromatic N) is 3. The summed E-state index contributed by atoms with van der Waals surface area (Å²) in [4.78, 5) is 11.8. The predicted molar refractivity (Wildman–Crippen MR) is 161 cm³/mol. The molecule has 0 aliphatic rings. The highest BCUT2D eigenvalue weighted by Gasteiger charge is 2.08. The fourth-order valence-electron chi connectivity index (χ4n) is 3.90. The zero-order chi connectivity index (χ0) is 31.1. The first kappa shape index (κ1) is 31.4. The molecule has 43 heavy (non-hydrogen) atoms. The Morgan fingerprint density at radius 1 is 0.512 bits per heavy atom. The van der Waals surface area contributed by atoms with Crippen LogP contribution in [0.4, 0.5) is 13.2 Å². The van der Waals surface area contributed by atoms with Crippen molar-refractivity contribution in [1.82, 2.24) is 15.0 Å². The zero-order valence-corrected chi connectivity index (χ0v) is 24.8. The molecule has 0 bridgehead atoms. The lowest BCUT2D eigenvalue weighted by Crippen LogP contribution is -1.92. The Balaban J connectivity index is 0.000000148. The third kappa shape index (κ3) is 7.65. The standard InChI is InChI=1S/C11H10FNO2.C10H7Cl2NO.C10H7F2NO/c1-14-7-3-4-8-9(12)6-11(15-2)13-10(8)5-7;2*1-14-6-2-3-7-8(11)5-10(12)13-9(7)4-6/h3-6H,1-2H3;2*2-5H,1H3. The summed E-state index contributed by atoms with van der Waals surface area (Å²) in [6, 6.07) is 18.7. The third-order valence-electron chi connectivity index (χ3n) is 6.02. The predicted octanol–water partition coefficient (Wildman–Crippen LogP) is 8.46. The summed E-state index contributed by atoms with van der Waals surface area (Å²) in [7, 11) is 6.09. The van der Waals surface area contributed by atoms with Crippen molar-refractivity contribution in [3.8, 4) is 23.1 Å². The van der Waals surface area contributed by atoms with Crippen LogP contribution in [0.25, 0.3) is 32.7 Å². The molecule has 0 atom stereocenters. The van der Waals surface area contributed by atoms with Gasteiger partial charge in [-0.3, -0.25) is 0 Å². The number of hydrogen-bond acceptors (Lipinski definition) is 7. The topological polar surface area (TPSA) is 75.6 Å². The van der Waals surface area contributed by atoms with Gasteiger partial charge < -0.3 is 18.9 Å². The van der Waals surface area contributed by atoms with Crippen molar-refractivity contribution in [3.05, 3.63) is 101 Å². The molecule has 0 N–H and O–H groups in total. The molecule has 6 aromatic rings. The molecule has 6 rings (SSSR count). The fourth-order valence-corrected chi connectivity index (χ4v) is 4.42. The highest BCUT2D eigenvalue weighted by atomic mass is 35.5. The van der Waals surface area contributed by atoms with Gasteiger partial charge in [0.2, 0.25) is 11.8 Å². The number of pyridine rings is 3. The summed E-state index contributed by atoms with van der Waals surface area (Å²) in [6.07, 6.45) is 0. The highest BCUT2D eigenvalue weighted by molar-refractivity contribution is 6.37. The van der Waals surface area contributed by atoms with E-state index in [1.807, 2.05) is 12.1 Å². The summed E-state index contributed by atoms with van der Waals surface area (Å²) in [5, 5.41) is 2.60. The minimum absolute atomic E-state index is 0.252. The summed E-state index contributed by atoms with van der Waals surface area (Å²) in [6.45, 7) is 0. The van der Waals surface area contributed by atoms with Gasteiger partial charge in [-0.05, 0) is 42.5 Å². The second-order valence-electron chi connectivity index (χ2n) is 8.65. The molecule has 3 aromatic carbocycles. The van der Waals surface area contributed by atoms with Gasteiger partial charge in [-0.1, -0.05) is 23.2 Å². The number of ether oxygens (including phenoxy) is 4. The molecule has 12 heteroatoms. The Kier molecular flexibility index (Phi) is 10.3. The molecule has 0 aliphatic carbocycles. The summed E-state index contributed by atoms with van der Waals surface area (Å²) in [5.74, 6) is 0.368. The molecule has 0 unspecified atom stereocenters. The van der Waals surface area contributed by atoms with Gasteiger partial charge in [0.25, 0.3) is 0 Å². The van der Waals surface area contributed by atoms with Crippen LogP contribution in [0.3, 0.4) is 0 Å². The van der Waals surface area contributed by atoms with Crippen molar-refractivity contribution in [2.24, 2.45) is 0 Å². The Bertz CT molecular complexity index is 1810. The van der Waals surface area contributed by atoms with Crippen LogP contribution in [-0.2, 0) is 0 Å². The zero-order valence-electron chi connectivity index (χ0n) is 23.3. The molecule has 0 amide bonds. The minimum atomic E-state index is -0.830. The first-order valence-electron chi connectivity index (χ1n) is 12.4. The van der Waals surface area contributed by atoms with E-state index < -0.39 is 11.8 Å². The average Bonchev–Trinajstić information content (AvgIpc) is 3.00. The molecular weight excluding hydrogens is 606 g/mol. The van der Waals surface area contributed by atoms with Crippen LogP contribution in [0.15, 0.2) is 72.8 Å². The average molecular weight is 630 g/mol. The summed E-state index contributed by atoms with van der Waals surface area (Å²) in [5.41, 5.74) is 1.51. The van der Waals surface area contributed by atoms with E-state index in [4.69, 9.17) is 42.1 Å². The second kappa shape index (κ2) is 14.1. The lowest BCUT2D eigenvalue weighted by molar-refractivity contribution is 0.396. The molecule has 0 saturated heterocycles. The molecule has 3 aromatic heterocycles. The van der Waals surface area contributed by atoms with Gasteiger partial charge >= 0.3 is 0 Å². The van der Waals surface area contributed by atoms with E-state index in [2.05, 4.69) is 15.0 Å². The lowest BCUT2D eigenvalue weighted by atomic mass is 10.2. The van der Waals surface area contributed by atoms with E-state index in [-0.39, 0.29) is 22.6 Å². The van der Waals surface area contributed by atoms with Crippen LogP contribution in [-0.4, -0.2) is 43.4 Å². The van der Waals surface area contributed by atoms with Gasteiger partial charge in [0.15, 0.2) is 0 Å². The molecular formula is C31H24Cl2F3N3O4. The van der Waals surface area contributed by atoms with Gasteiger partial charge in [-0.2, -0.15) is 4.39 Å². The van der Waals surface area contributed by atoms with E-state index in [0.717, 1.165) is 22.7 Å². The summed E-state index contributed by atoms with van der Waals surface area (Å²) < 4.78 is 59.3. The summed E-state index contributed by atoms with van der Waals surface area (Å²) >= 11 is 11.8. The van der Waals surface area contributed by atoms with Crippen molar-refractivity contribution in [2.45, 2.75) is 0 Å². The van der Waals surface area contributed by atoms with Crippen LogP contribution in [0.2, 0.25) is 10.2 Å². The number of halogens is 5. The Labute approximate surface area is 254 Å². The molecule has 0 fully saturated rings. The fraction of sp³-hybridized carbons (Fsp3) is 0.129. The van der Waals surface area contributed by atoms with Crippen molar-refractivity contribution in [1.29, 1.82) is 0 Å². The van der Waals surface area contributed by atoms with Crippen molar-refractivity contribution < 1.29 is 32.1 Å². The molecule has 3 heterocycles. The van der Waals surface area contributed by atoms with Crippen LogP contribution in [0, 0.1) is 17.6 Å². The maximum absolute atomic E-state index is 13.5. The van der Waals surface area contributed by atoms with Gasteiger partial charge in [0.1, 0.15) is 34.0 Å². The Hall–Kier alpha value is -4.54. The molecule has 0 radical (unpaired) electrons. The van der Waals surface area contributed by atoms with E-state index in [1.165, 1.54) is 32.4 Å². The quantitative estimate of drug-likeness (QED) is 0.181. The Morgan fingerprint density at radius 3 is 1.49 bits per heavy atom. The minimum Gasteiger partial charge on any atom is -0.497 e. The van der Waals surface area contributed by atoms with Crippen LogP contribution < -0.4 is 18.9 Å². The lowest BCUT2D eigenvalue weighted by Gasteiger charge is -2.05. The molecule has 0 spiro atoms. The second-order valence-corrected chi connectivity index (χ2v) is 9.44. The van der Waals surface area contributed by atoms with E-state index in [1.54, 1.807) is 50.6 Å². The number of rotatable bonds is 4. The molecule has 222 valence electrons. The van der Waals surface area contributed by atoms with Crippen LogP contribution in [0.1, 0.15) is 0 Å². The first-order chi connectivity index (χ1) is 20.6. The molecule has 0 saturated carbocycles. The van der Waals surface area contributed by atoms with Gasteiger partial charge in [0.05, 0.1) is 50.0 Å². The number of hydrogen-bond donors (Lipinski definition) is 0. The number of methoxy groups -OCH3 is 4. The SMILES string of the molecule is COc1ccc2c(Cl)cc(Cl)nc2c1.COc1ccc2c(F)cc(F)nc2c1.COc1ccc2c(F)cc(OC)nc2c1. The van der Waals surface area contributed by atoms with Crippen molar-refractivity contribution >= 4 is 55.9 Å². The van der Waals surface area contributed by atoms with E-state index in [0.29, 0.717) is 32.6 Å². The van der Waals surface area contributed by atoms with Gasteiger partial charge in [-0.15, -0.1) is 0 Å². The van der Waals surface area contributed by atoms with E-state index in [9.17, 15) is 13.2 Å². The van der Waals surface area contributed by atoms with Crippen molar-refractivity contribution in [2.75, 3.05) is 28.4 Å². The highest BCUT2D eigenvalue weighted by Crippen LogP contribution is 2.28.